The molecular formula is C14H16ClN3O2. The Morgan fingerprint density at radius 3 is 2.90 bits per heavy atom. The Bertz CT molecular complexity index is 610. The molecule has 0 aliphatic heterocycles. The van der Waals surface area contributed by atoms with Gasteiger partial charge < -0.3 is 15.1 Å². The summed E-state index contributed by atoms with van der Waals surface area (Å²) >= 11 is 5.92. The number of halogens is 1. The minimum atomic E-state index is -0.229. The third-order valence-corrected chi connectivity index (χ3v) is 3.08. The zero-order chi connectivity index (χ0) is 14.5. The minimum absolute atomic E-state index is 0.229. The van der Waals surface area contributed by atoms with Crippen LogP contribution in [0.2, 0.25) is 5.02 Å². The lowest BCUT2D eigenvalue weighted by molar-refractivity contribution is 0.0948. The molecule has 5 nitrogen and oxygen atoms in total. The third kappa shape index (κ3) is 3.30. The number of anilines is 1. The van der Waals surface area contributed by atoms with Crippen molar-refractivity contribution >= 4 is 23.2 Å². The maximum atomic E-state index is 12.1. The number of hydrogen-bond donors (Lipinski definition) is 2. The molecule has 0 bridgehead atoms. The van der Waals surface area contributed by atoms with Crippen molar-refractivity contribution in [2.24, 2.45) is 0 Å². The van der Waals surface area contributed by atoms with Crippen LogP contribution in [-0.2, 0) is 13.0 Å². The first-order chi connectivity index (χ1) is 9.63. The molecule has 6 heteroatoms. The monoisotopic (exact) mass is 293 g/mol. The van der Waals surface area contributed by atoms with E-state index in [4.69, 9.17) is 16.0 Å². The van der Waals surface area contributed by atoms with E-state index in [0.29, 0.717) is 22.2 Å². The van der Waals surface area contributed by atoms with Crippen molar-refractivity contribution in [2.45, 2.75) is 19.9 Å². The fraction of sp³-hybridized carbons (Fsp3) is 0.286. The zero-order valence-electron chi connectivity index (χ0n) is 11.4. The maximum Gasteiger partial charge on any atom is 0.253 e. The van der Waals surface area contributed by atoms with E-state index in [0.717, 1.165) is 12.2 Å². The zero-order valence-corrected chi connectivity index (χ0v) is 12.1. The third-order valence-electron chi connectivity index (χ3n) is 2.85. The van der Waals surface area contributed by atoms with Gasteiger partial charge in [-0.05, 0) is 18.2 Å². The number of aromatic nitrogens is 1. The summed E-state index contributed by atoms with van der Waals surface area (Å²) in [6.07, 6.45) is 2.44. The van der Waals surface area contributed by atoms with Crippen LogP contribution in [0.4, 0.5) is 5.69 Å². The van der Waals surface area contributed by atoms with Gasteiger partial charge in [0.2, 0.25) is 5.89 Å². The number of nitrogens with one attached hydrogen (secondary N) is 2. The Kier molecular flexibility index (Phi) is 4.63. The van der Waals surface area contributed by atoms with Crippen LogP contribution in [0.5, 0.6) is 0 Å². The summed E-state index contributed by atoms with van der Waals surface area (Å²) in [5, 5.41) is 6.23. The molecule has 1 aromatic heterocycles. The SMILES string of the molecule is CCc1cnc(CNC(=O)c2cc(Cl)ccc2NC)o1. The van der Waals surface area contributed by atoms with E-state index in [1.54, 1.807) is 31.4 Å². The highest BCUT2D eigenvalue weighted by Crippen LogP contribution is 2.20. The molecule has 0 spiro atoms. The normalized spacial score (nSPS) is 10.3. The number of benzene rings is 1. The molecule has 0 fully saturated rings. The Hall–Kier alpha value is -2.01. The summed E-state index contributed by atoms with van der Waals surface area (Å²) in [4.78, 5) is 16.2. The average Bonchev–Trinajstić information content (AvgIpc) is 2.92. The number of rotatable bonds is 5. The molecule has 106 valence electrons. The van der Waals surface area contributed by atoms with Gasteiger partial charge >= 0.3 is 0 Å². The largest absolute Gasteiger partial charge is 0.444 e. The van der Waals surface area contributed by atoms with Crippen LogP contribution in [0, 0.1) is 0 Å². The molecule has 0 radical (unpaired) electrons. The van der Waals surface area contributed by atoms with Crippen molar-refractivity contribution < 1.29 is 9.21 Å². The van der Waals surface area contributed by atoms with E-state index in [1.807, 2.05) is 6.92 Å². The van der Waals surface area contributed by atoms with Crippen molar-refractivity contribution in [3.05, 3.63) is 46.6 Å². The summed E-state index contributed by atoms with van der Waals surface area (Å²) in [7, 11) is 1.75. The van der Waals surface area contributed by atoms with Crippen LogP contribution in [0.15, 0.2) is 28.8 Å². The van der Waals surface area contributed by atoms with Crippen LogP contribution >= 0.6 is 11.6 Å². The minimum Gasteiger partial charge on any atom is -0.444 e. The molecule has 0 unspecified atom stereocenters. The number of carbonyl (C=O) groups excluding carboxylic acids is 1. The van der Waals surface area contributed by atoms with Gasteiger partial charge in [0.25, 0.3) is 5.91 Å². The highest BCUT2D eigenvalue weighted by molar-refractivity contribution is 6.31. The summed E-state index contributed by atoms with van der Waals surface area (Å²) in [5.74, 6) is 1.06. The summed E-state index contributed by atoms with van der Waals surface area (Å²) in [5.41, 5.74) is 1.20. The first kappa shape index (κ1) is 14.4. The van der Waals surface area contributed by atoms with Crippen LogP contribution in [0.25, 0.3) is 0 Å². The van der Waals surface area contributed by atoms with E-state index in [1.165, 1.54) is 0 Å². The fourth-order valence-electron chi connectivity index (χ4n) is 1.77. The van der Waals surface area contributed by atoms with E-state index in [-0.39, 0.29) is 12.5 Å². The van der Waals surface area contributed by atoms with E-state index >= 15 is 0 Å². The van der Waals surface area contributed by atoms with Crippen LogP contribution < -0.4 is 10.6 Å². The highest BCUT2D eigenvalue weighted by Gasteiger charge is 2.12. The van der Waals surface area contributed by atoms with Crippen LogP contribution in [0.3, 0.4) is 0 Å². The second kappa shape index (κ2) is 6.43. The Morgan fingerprint density at radius 2 is 2.25 bits per heavy atom. The molecule has 1 aromatic carbocycles. The van der Waals surface area contributed by atoms with Gasteiger partial charge in [-0.3, -0.25) is 4.79 Å². The van der Waals surface area contributed by atoms with Gasteiger partial charge in [0.15, 0.2) is 0 Å². The van der Waals surface area contributed by atoms with Crippen molar-refractivity contribution in [3.8, 4) is 0 Å². The second-order valence-corrected chi connectivity index (χ2v) is 4.63. The van der Waals surface area contributed by atoms with Gasteiger partial charge in [-0.15, -0.1) is 0 Å². The number of nitrogens with zero attached hydrogens (tertiary/aromatic N) is 1. The van der Waals surface area contributed by atoms with Crippen molar-refractivity contribution in [1.29, 1.82) is 0 Å². The second-order valence-electron chi connectivity index (χ2n) is 4.20. The molecule has 1 amide bonds. The molecule has 2 N–H and O–H groups in total. The summed E-state index contributed by atoms with van der Waals surface area (Å²) < 4.78 is 5.43. The molecule has 0 atom stereocenters. The van der Waals surface area contributed by atoms with Gasteiger partial charge in [0.05, 0.1) is 18.3 Å². The predicted molar refractivity (Wildman–Crippen MR) is 78.0 cm³/mol. The van der Waals surface area contributed by atoms with Gasteiger partial charge in [-0.2, -0.15) is 0 Å². The first-order valence-electron chi connectivity index (χ1n) is 6.33. The summed E-state index contributed by atoms with van der Waals surface area (Å²) in [6, 6.07) is 5.11. The number of oxazole rings is 1. The Morgan fingerprint density at radius 1 is 1.45 bits per heavy atom. The van der Waals surface area contributed by atoms with Crippen molar-refractivity contribution in [1.82, 2.24) is 10.3 Å². The molecule has 0 saturated heterocycles. The molecular weight excluding hydrogens is 278 g/mol. The number of aryl methyl sites for hydroxylation is 1. The lowest BCUT2D eigenvalue weighted by Crippen LogP contribution is -2.23. The smallest absolute Gasteiger partial charge is 0.253 e. The molecule has 0 aliphatic rings. The number of hydrogen-bond acceptors (Lipinski definition) is 4. The first-order valence-corrected chi connectivity index (χ1v) is 6.71. The molecule has 1 heterocycles. The Balaban J connectivity index is 2.06. The van der Waals surface area contributed by atoms with Crippen molar-refractivity contribution in [3.63, 3.8) is 0 Å². The molecule has 2 rings (SSSR count). The molecule has 0 aliphatic carbocycles. The van der Waals surface area contributed by atoms with Crippen LogP contribution in [-0.4, -0.2) is 17.9 Å². The quantitative estimate of drug-likeness (QED) is 0.889. The molecule has 2 aromatic rings. The van der Waals surface area contributed by atoms with Crippen molar-refractivity contribution in [2.75, 3.05) is 12.4 Å². The van der Waals surface area contributed by atoms with E-state index in [2.05, 4.69) is 15.6 Å². The Labute approximate surface area is 122 Å². The van der Waals surface area contributed by atoms with Gasteiger partial charge in [-0.25, -0.2) is 4.98 Å². The topological polar surface area (TPSA) is 67.2 Å². The summed E-state index contributed by atoms with van der Waals surface area (Å²) in [6.45, 7) is 2.22. The maximum absolute atomic E-state index is 12.1. The molecule has 20 heavy (non-hydrogen) atoms. The molecule has 0 saturated carbocycles. The van der Waals surface area contributed by atoms with E-state index in [9.17, 15) is 4.79 Å². The lowest BCUT2D eigenvalue weighted by atomic mass is 10.1. The number of amides is 1. The predicted octanol–water partition coefficient (Wildman–Crippen LogP) is 2.86. The average molecular weight is 294 g/mol. The van der Waals surface area contributed by atoms with Gasteiger partial charge in [0.1, 0.15) is 5.76 Å². The van der Waals surface area contributed by atoms with Gasteiger partial charge in [-0.1, -0.05) is 18.5 Å². The van der Waals surface area contributed by atoms with E-state index < -0.39 is 0 Å². The number of carbonyl (C=O) groups is 1. The van der Waals surface area contributed by atoms with Crippen LogP contribution in [0.1, 0.15) is 28.9 Å². The highest BCUT2D eigenvalue weighted by atomic mass is 35.5. The lowest BCUT2D eigenvalue weighted by Gasteiger charge is -2.09. The standard InChI is InChI=1S/C14H16ClN3O2/c1-3-10-7-17-13(20-10)8-18-14(19)11-6-9(15)4-5-12(11)16-2/h4-7,16H,3,8H2,1-2H3,(H,18,19). The fourth-order valence-corrected chi connectivity index (χ4v) is 1.94. The van der Waals surface area contributed by atoms with Gasteiger partial charge in [0, 0.05) is 24.2 Å².